The standard InChI is InChI=1S/C10H13ClO2/c1-13-6-5-10(12)8-3-2-4-9(11)7-8/h2-4,7,10,12H,5-6H2,1H3. The van der Waals surface area contributed by atoms with Crippen LogP contribution in [0.15, 0.2) is 24.3 Å². The van der Waals surface area contributed by atoms with Crippen LogP contribution in [-0.2, 0) is 4.74 Å². The average molecular weight is 201 g/mol. The Kier molecular flexibility index (Phi) is 4.22. The predicted octanol–water partition coefficient (Wildman–Crippen LogP) is 2.41. The molecule has 0 aliphatic carbocycles. The van der Waals surface area contributed by atoms with Crippen LogP contribution in [0.5, 0.6) is 0 Å². The van der Waals surface area contributed by atoms with E-state index >= 15 is 0 Å². The maximum atomic E-state index is 9.64. The van der Waals surface area contributed by atoms with Crippen LogP contribution in [0.2, 0.25) is 5.02 Å². The highest BCUT2D eigenvalue weighted by Crippen LogP contribution is 2.19. The summed E-state index contributed by atoms with van der Waals surface area (Å²) in [6.07, 6.45) is 0.107. The van der Waals surface area contributed by atoms with Gasteiger partial charge in [0.15, 0.2) is 0 Å². The SMILES string of the molecule is COCCC(O)c1cccc(Cl)c1. The fourth-order valence-corrected chi connectivity index (χ4v) is 1.31. The van der Waals surface area contributed by atoms with Gasteiger partial charge in [-0.3, -0.25) is 0 Å². The van der Waals surface area contributed by atoms with Crippen LogP contribution in [0.1, 0.15) is 18.1 Å². The molecular formula is C10H13ClO2. The summed E-state index contributed by atoms with van der Waals surface area (Å²) in [6.45, 7) is 0.549. The molecule has 0 spiro atoms. The van der Waals surface area contributed by atoms with E-state index in [9.17, 15) is 5.11 Å². The first-order chi connectivity index (χ1) is 6.24. The fourth-order valence-electron chi connectivity index (χ4n) is 1.11. The molecule has 0 fully saturated rings. The molecule has 0 aliphatic heterocycles. The quantitative estimate of drug-likeness (QED) is 0.809. The van der Waals surface area contributed by atoms with Gasteiger partial charge in [-0.1, -0.05) is 23.7 Å². The molecule has 0 bridgehead atoms. The van der Waals surface area contributed by atoms with Crippen molar-refractivity contribution in [3.8, 4) is 0 Å². The molecule has 0 saturated carbocycles. The zero-order valence-corrected chi connectivity index (χ0v) is 8.29. The topological polar surface area (TPSA) is 29.5 Å². The summed E-state index contributed by atoms with van der Waals surface area (Å²) >= 11 is 5.78. The first-order valence-electron chi connectivity index (χ1n) is 4.16. The van der Waals surface area contributed by atoms with Gasteiger partial charge in [-0.15, -0.1) is 0 Å². The molecule has 0 saturated heterocycles. The van der Waals surface area contributed by atoms with E-state index in [1.807, 2.05) is 12.1 Å². The van der Waals surface area contributed by atoms with Crippen LogP contribution in [0.25, 0.3) is 0 Å². The highest BCUT2D eigenvalue weighted by Gasteiger charge is 2.06. The summed E-state index contributed by atoms with van der Waals surface area (Å²) in [5.41, 5.74) is 0.838. The number of benzene rings is 1. The number of ether oxygens (including phenoxy) is 1. The lowest BCUT2D eigenvalue weighted by atomic mass is 10.1. The monoisotopic (exact) mass is 200 g/mol. The van der Waals surface area contributed by atoms with E-state index in [0.717, 1.165) is 5.56 Å². The van der Waals surface area contributed by atoms with Gasteiger partial charge >= 0.3 is 0 Å². The second kappa shape index (κ2) is 5.22. The zero-order valence-electron chi connectivity index (χ0n) is 7.53. The average Bonchev–Trinajstić information content (AvgIpc) is 2.14. The minimum Gasteiger partial charge on any atom is -0.388 e. The van der Waals surface area contributed by atoms with E-state index in [-0.39, 0.29) is 0 Å². The van der Waals surface area contributed by atoms with E-state index in [0.29, 0.717) is 18.1 Å². The van der Waals surface area contributed by atoms with Crippen molar-refractivity contribution in [2.45, 2.75) is 12.5 Å². The highest BCUT2D eigenvalue weighted by atomic mass is 35.5. The molecule has 1 unspecified atom stereocenters. The van der Waals surface area contributed by atoms with Gasteiger partial charge in [0, 0.05) is 25.2 Å². The van der Waals surface area contributed by atoms with Gasteiger partial charge in [0.25, 0.3) is 0 Å². The lowest BCUT2D eigenvalue weighted by molar-refractivity contribution is 0.110. The molecule has 1 N–H and O–H groups in total. The van der Waals surface area contributed by atoms with Crippen molar-refractivity contribution in [3.05, 3.63) is 34.9 Å². The molecule has 0 aliphatic rings. The normalized spacial score (nSPS) is 12.8. The number of hydrogen-bond acceptors (Lipinski definition) is 2. The van der Waals surface area contributed by atoms with Crippen molar-refractivity contribution in [3.63, 3.8) is 0 Å². The van der Waals surface area contributed by atoms with Gasteiger partial charge in [0.1, 0.15) is 0 Å². The van der Waals surface area contributed by atoms with E-state index < -0.39 is 6.10 Å². The molecule has 0 aromatic heterocycles. The molecule has 1 atom stereocenters. The Balaban J connectivity index is 2.60. The summed E-state index contributed by atoms with van der Waals surface area (Å²) in [7, 11) is 1.62. The molecule has 3 heteroatoms. The van der Waals surface area contributed by atoms with E-state index in [1.165, 1.54) is 0 Å². The Morgan fingerprint density at radius 2 is 2.31 bits per heavy atom. The smallest absolute Gasteiger partial charge is 0.0812 e. The fraction of sp³-hybridized carbons (Fsp3) is 0.400. The second-order valence-corrected chi connectivity index (χ2v) is 3.29. The van der Waals surface area contributed by atoms with Gasteiger partial charge in [-0.05, 0) is 17.7 Å². The van der Waals surface area contributed by atoms with E-state index in [1.54, 1.807) is 19.2 Å². The maximum absolute atomic E-state index is 9.64. The van der Waals surface area contributed by atoms with Crippen LogP contribution < -0.4 is 0 Å². The first-order valence-corrected chi connectivity index (χ1v) is 4.54. The molecule has 1 aromatic rings. The third kappa shape index (κ3) is 3.35. The number of hydrogen-bond donors (Lipinski definition) is 1. The Morgan fingerprint density at radius 3 is 2.92 bits per heavy atom. The molecule has 0 amide bonds. The minimum atomic E-state index is -0.487. The third-order valence-electron chi connectivity index (χ3n) is 1.83. The summed E-state index contributed by atoms with van der Waals surface area (Å²) in [6, 6.07) is 7.23. The summed E-state index contributed by atoms with van der Waals surface area (Å²) in [5, 5.41) is 10.3. The lowest BCUT2D eigenvalue weighted by Crippen LogP contribution is -2.01. The zero-order chi connectivity index (χ0) is 9.68. The Hall–Kier alpha value is -0.570. The van der Waals surface area contributed by atoms with Crippen LogP contribution in [-0.4, -0.2) is 18.8 Å². The number of rotatable bonds is 4. The minimum absolute atomic E-state index is 0.487. The largest absolute Gasteiger partial charge is 0.388 e. The summed E-state index contributed by atoms with van der Waals surface area (Å²) in [5.74, 6) is 0. The van der Waals surface area contributed by atoms with Gasteiger partial charge in [0.05, 0.1) is 6.10 Å². The van der Waals surface area contributed by atoms with Crippen LogP contribution in [0.3, 0.4) is 0 Å². The molecular weight excluding hydrogens is 188 g/mol. The number of halogens is 1. The van der Waals surface area contributed by atoms with Crippen molar-refractivity contribution in [2.24, 2.45) is 0 Å². The molecule has 0 radical (unpaired) electrons. The van der Waals surface area contributed by atoms with Gasteiger partial charge < -0.3 is 9.84 Å². The molecule has 0 heterocycles. The number of aliphatic hydroxyl groups is 1. The molecule has 72 valence electrons. The molecule has 1 aromatic carbocycles. The Labute approximate surface area is 83.1 Å². The maximum Gasteiger partial charge on any atom is 0.0812 e. The van der Waals surface area contributed by atoms with Crippen molar-refractivity contribution in [1.82, 2.24) is 0 Å². The first kappa shape index (κ1) is 10.5. The van der Waals surface area contributed by atoms with Crippen molar-refractivity contribution < 1.29 is 9.84 Å². The van der Waals surface area contributed by atoms with Gasteiger partial charge in [0.2, 0.25) is 0 Å². The van der Waals surface area contributed by atoms with Crippen LogP contribution in [0.4, 0.5) is 0 Å². The van der Waals surface area contributed by atoms with Gasteiger partial charge in [-0.2, -0.15) is 0 Å². The van der Waals surface area contributed by atoms with E-state index in [2.05, 4.69) is 0 Å². The van der Waals surface area contributed by atoms with Gasteiger partial charge in [-0.25, -0.2) is 0 Å². The van der Waals surface area contributed by atoms with E-state index in [4.69, 9.17) is 16.3 Å². The van der Waals surface area contributed by atoms with Crippen LogP contribution >= 0.6 is 11.6 Å². The summed E-state index contributed by atoms with van der Waals surface area (Å²) < 4.78 is 4.87. The second-order valence-electron chi connectivity index (χ2n) is 2.85. The molecule has 2 nitrogen and oxygen atoms in total. The third-order valence-corrected chi connectivity index (χ3v) is 2.06. The molecule has 13 heavy (non-hydrogen) atoms. The Morgan fingerprint density at radius 1 is 1.54 bits per heavy atom. The number of aliphatic hydroxyl groups excluding tert-OH is 1. The number of methoxy groups -OCH3 is 1. The van der Waals surface area contributed by atoms with Crippen molar-refractivity contribution in [1.29, 1.82) is 0 Å². The summed E-state index contributed by atoms with van der Waals surface area (Å²) in [4.78, 5) is 0. The predicted molar refractivity (Wildman–Crippen MR) is 52.9 cm³/mol. The Bertz CT molecular complexity index is 263. The highest BCUT2D eigenvalue weighted by molar-refractivity contribution is 6.30. The van der Waals surface area contributed by atoms with Crippen molar-refractivity contribution in [2.75, 3.05) is 13.7 Å². The lowest BCUT2D eigenvalue weighted by Gasteiger charge is -2.09. The van der Waals surface area contributed by atoms with Crippen molar-refractivity contribution >= 4 is 11.6 Å². The molecule has 1 rings (SSSR count). The van der Waals surface area contributed by atoms with Crippen LogP contribution in [0, 0.1) is 0 Å².